The molecule has 8 heteroatoms. The maximum absolute atomic E-state index is 12.8. The molecule has 1 heterocycles. The second-order valence-corrected chi connectivity index (χ2v) is 7.90. The van der Waals surface area contributed by atoms with Crippen LogP contribution in [0, 0.1) is 6.92 Å². The number of carbonyl (C=O) groups excluding carboxylic acids is 1. The molecule has 134 valence electrons. The maximum Gasteiger partial charge on any atom is 0.249 e. The van der Waals surface area contributed by atoms with Crippen molar-refractivity contribution >= 4 is 15.9 Å². The zero-order valence-corrected chi connectivity index (χ0v) is 14.7. The number of amides is 1. The molecule has 0 saturated carbocycles. The van der Waals surface area contributed by atoms with Gasteiger partial charge in [0.1, 0.15) is 0 Å². The Morgan fingerprint density at radius 3 is 2.58 bits per heavy atom. The number of benzene rings is 1. The Kier molecular flexibility index (Phi) is 6.34. The average molecular weight is 355 g/mol. The molecule has 1 saturated heterocycles. The lowest BCUT2D eigenvalue weighted by Gasteiger charge is -2.31. The van der Waals surface area contributed by atoms with Gasteiger partial charge in [-0.3, -0.25) is 4.79 Å². The number of sulfonamides is 1. The number of primary amides is 1. The van der Waals surface area contributed by atoms with Crippen LogP contribution in [0.4, 0.5) is 0 Å². The van der Waals surface area contributed by atoms with Crippen LogP contribution in [0.5, 0.6) is 0 Å². The van der Waals surface area contributed by atoms with Gasteiger partial charge < -0.3 is 16.2 Å². The van der Waals surface area contributed by atoms with E-state index in [0.29, 0.717) is 44.6 Å². The van der Waals surface area contributed by atoms with Gasteiger partial charge in [0.05, 0.1) is 11.0 Å². The minimum absolute atomic E-state index is 0.0715. The first-order chi connectivity index (χ1) is 11.4. The van der Waals surface area contributed by atoms with E-state index in [4.69, 9.17) is 16.2 Å². The van der Waals surface area contributed by atoms with E-state index in [-0.39, 0.29) is 16.6 Å². The summed E-state index contributed by atoms with van der Waals surface area (Å²) >= 11 is 0. The van der Waals surface area contributed by atoms with Gasteiger partial charge in [0.2, 0.25) is 15.9 Å². The molecule has 0 spiro atoms. The van der Waals surface area contributed by atoms with E-state index < -0.39 is 15.9 Å². The van der Waals surface area contributed by atoms with E-state index in [0.717, 1.165) is 6.42 Å². The van der Waals surface area contributed by atoms with Gasteiger partial charge in [-0.2, -0.15) is 4.31 Å². The fourth-order valence-electron chi connectivity index (χ4n) is 2.75. The number of aryl methyl sites for hydroxylation is 1. The van der Waals surface area contributed by atoms with Gasteiger partial charge in [-0.1, -0.05) is 6.07 Å². The van der Waals surface area contributed by atoms with E-state index in [1.54, 1.807) is 13.0 Å². The Bertz CT molecular complexity index is 683. The lowest BCUT2D eigenvalue weighted by Crippen LogP contribution is -2.41. The first-order valence-corrected chi connectivity index (χ1v) is 9.52. The Hall–Kier alpha value is -1.48. The van der Waals surface area contributed by atoms with Crippen LogP contribution >= 0.6 is 0 Å². The molecule has 0 bridgehead atoms. The summed E-state index contributed by atoms with van der Waals surface area (Å²) in [5, 5.41) is 0. The Morgan fingerprint density at radius 2 is 2.00 bits per heavy atom. The van der Waals surface area contributed by atoms with Crippen LogP contribution in [0.1, 0.15) is 35.2 Å². The second-order valence-electron chi connectivity index (χ2n) is 5.96. The molecule has 1 aromatic rings. The molecule has 0 unspecified atom stereocenters. The largest absolute Gasteiger partial charge is 0.378 e. The van der Waals surface area contributed by atoms with Crippen LogP contribution < -0.4 is 11.5 Å². The summed E-state index contributed by atoms with van der Waals surface area (Å²) in [7, 11) is -3.63. The predicted octanol–water partition coefficient (Wildman–Crippen LogP) is 0.612. The van der Waals surface area contributed by atoms with Gasteiger partial charge in [-0.05, 0) is 50.4 Å². The molecular formula is C16H25N3O4S. The van der Waals surface area contributed by atoms with Crippen molar-refractivity contribution in [2.45, 2.75) is 37.2 Å². The van der Waals surface area contributed by atoms with Crippen molar-refractivity contribution in [3.8, 4) is 0 Å². The minimum Gasteiger partial charge on any atom is -0.378 e. The lowest BCUT2D eigenvalue weighted by molar-refractivity contribution is 0.0209. The van der Waals surface area contributed by atoms with Gasteiger partial charge in [-0.15, -0.1) is 0 Å². The number of carbonyl (C=O) groups is 1. The molecule has 1 aromatic carbocycles. The van der Waals surface area contributed by atoms with Crippen LogP contribution in [-0.4, -0.2) is 51.0 Å². The van der Waals surface area contributed by atoms with Crippen molar-refractivity contribution in [1.82, 2.24) is 4.31 Å². The van der Waals surface area contributed by atoms with Gasteiger partial charge in [0, 0.05) is 25.3 Å². The number of ether oxygens (including phenoxy) is 1. The summed E-state index contributed by atoms with van der Waals surface area (Å²) in [4.78, 5) is 11.5. The molecule has 1 aliphatic rings. The van der Waals surface area contributed by atoms with Crippen LogP contribution in [-0.2, 0) is 14.8 Å². The van der Waals surface area contributed by atoms with Crippen molar-refractivity contribution in [2.24, 2.45) is 11.5 Å². The van der Waals surface area contributed by atoms with Crippen molar-refractivity contribution in [3.63, 3.8) is 0 Å². The molecule has 4 N–H and O–H groups in total. The van der Waals surface area contributed by atoms with Crippen LogP contribution in [0.15, 0.2) is 23.1 Å². The van der Waals surface area contributed by atoms with E-state index in [9.17, 15) is 13.2 Å². The molecule has 0 aromatic heterocycles. The molecular weight excluding hydrogens is 330 g/mol. The summed E-state index contributed by atoms with van der Waals surface area (Å²) in [6, 6.07) is 4.48. The summed E-state index contributed by atoms with van der Waals surface area (Å²) in [5.41, 5.74) is 11.6. The van der Waals surface area contributed by atoms with Crippen LogP contribution in [0.25, 0.3) is 0 Å². The number of piperidine rings is 1. The van der Waals surface area contributed by atoms with Gasteiger partial charge >= 0.3 is 0 Å². The standard InChI is InChI=1S/C16H25N3O4S/c1-12-3-4-14(11-15(12)16(18)20)24(21,22)19-8-5-13(6-9-19)23-10-2-7-17/h3-4,11,13H,2,5-10,17H2,1H3,(H2,18,20). The monoisotopic (exact) mass is 355 g/mol. The number of rotatable bonds is 7. The maximum atomic E-state index is 12.8. The van der Waals surface area contributed by atoms with Gasteiger partial charge in [0.15, 0.2) is 0 Å². The van der Waals surface area contributed by atoms with Crippen molar-refractivity contribution in [1.29, 1.82) is 0 Å². The summed E-state index contributed by atoms with van der Waals surface area (Å²) in [6.07, 6.45) is 2.18. The Morgan fingerprint density at radius 1 is 1.33 bits per heavy atom. The summed E-state index contributed by atoms with van der Waals surface area (Å²) < 4.78 is 32.6. The first kappa shape index (κ1) is 18.9. The third-order valence-electron chi connectivity index (χ3n) is 4.22. The normalized spacial score (nSPS) is 17.1. The fourth-order valence-corrected chi connectivity index (χ4v) is 4.25. The molecule has 0 radical (unpaired) electrons. The van der Waals surface area contributed by atoms with Crippen molar-refractivity contribution in [3.05, 3.63) is 29.3 Å². The zero-order valence-electron chi connectivity index (χ0n) is 13.9. The van der Waals surface area contributed by atoms with Crippen molar-refractivity contribution in [2.75, 3.05) is 26.2 Å². The Labute approximate surface area is 143 Å². The topological polar surface area (TPSA) is 116 Å². The molecule has 24 heavy (non-hydrogen) atoms. The van der Waals surface area contributed by atoms with Crippen LogP contribution in [0.3, 0.4) is 0 Å². The number of nitrogens with zero attached hydrogens (tertiary/aromatic N) is 1. The smallest absolute Gasteiger partial charge is 0.249 e. The summed E-state index contributed by atoms with van der Waals surface area (Å²) in [5.74, 6) is -0.628. The third-order valence-corrected chi connectivity index (χ3v) is 6.11. The zero-order chi connectivity index (χ0) is 17.7. The minimum atomic E-state index is -3.63. The van der Waals surface area contributed by atoms with E-state index in [1.807, 2.05) is 0 Å². The number of hydrogen-bond donors (Lipinski definition) is 2. The van der Waals surface area contributed by atoms with E-state index in [1.165, 1.54) is 16.4 Å². The quantitative estimate of drug-likeness (QED) is 0.695. The highest BCUT2D eigenvalue weighted by Crippen LogP contribution is 2.24. The van der Waals surface area contributed by atoms with E-state index >= 15 is 0 Å². The molecule has 7 nitrogen and oxygen atoms in total. The predicted molar refractivity (Wildman–Crippen MR) is 91.1 cm³/mol. The molecule has 1 fully saturated rings. The Balaban J connectivity index is 2.07. The molecule has 1 amide bonds. The third kappa shape index (κ3) is 4.32. The first-order valence-electron chi connectivity index (χ1n) is 8.08. The number of hydrogen-bond acceptors (Lipinski definition) is 5. The second kappa shape index (κ2) is 8.06. The molecule has 2 rings (SSSR count). The highest BCUT2D eigenvalue weighted by Gasteiger charge is 2.30. The van der Waals surface area contributed by atoms with Gasteiger partial charge in [0.25, 0.3) is 0 Å². The van der Waals surface area contributed by atoms with E-state index in [2.05, 4.69) is 0 Å². The number of nitrogens with two attached hydrogens (primary N) is 2. The fraction of sp³-hybridized carbons (Fsp3) is 0.562. The van der Waals surface area contributed by atoms with Crippen molar-refractivity contribution < 1.29 is 17.9 Å². The molecule has 0 aliphatic carbocycles. The molecule has 0 atom stereocenters. The molecule has 1 aliphatic heterocycles. The average Bonchev–Trinajstić information content (AvgIpc) is 2.55. The highest BCUT2D eigenvalue weighted by molar-refractivity contribution is 7.89. The van der Waals surface area contributed by atoms with Gasteiger partial charge in [-0.25, -0.2) is 8.42 Å². The highest BCUT2D eigenvalue weighted by atomic mass is 32.2. The summed E-state index contributed by atoms with van der Waals surface area (Å²) in [6.45, 7) is 3.71. The van der Waals surface area contributed by atoms with Crippen LogP contribution in [0.2, 0.25) is 0 Å². The lowest BCUT2D eigenvalue weighted by atomic mass is 10.1. The SMILES string of the molecule is Cc1ccc(S(=O)(=O)N2CCC(OCCCN)CC2)cc1C(N)=O.